The van der Waals surface area contributed by atoms with Gasteiger partial charge >= 0.3 is 0 Å². The first-order valence-electron chi connectivity index (χ1n) is 8.40. The molecule has 19 heavy (non-hydrogen) atoms. The van der Waals surface area contributed by atoms with Gasteiger partial charge in [0.25, 0.3) is 5.82 Å². The molecule has 1 aromatic rings. The van der Waals surface area contributed by atoms with Crippen molar-refractivity contribution in [3.63, 3.8) is 0 Å². The maximum Gasteiger partial charge on any atom is 0.256 e. The van der Waals surface area contributed by atoms with Gasteiger partial charge in [0.1, 0.15) is 12.4 Å². The van der Waals surface area contributed by atoms with E-state index in [1.165, 1.54) is 76.7 Å². The summed E-state index contributed by atoms with van der Waals surface area (Å²) in [7, 11) is 0. The Morgan fingerprint density at radius 2 is 1.63 bits per heavy atom. The van der Waals surface area contributed by atoms with Crippen LogP contribution in [0.1, 0.15) is 78.0 Å². The summed E-state index contributed by atoms with van der Waals surface area (Å²) in [5.41, 5.74) is 0. The summed E-state index contributed by atoms with van der Waals surface area (Å²) in [5, 5.41) is 0. The molecule has 1 heterocycles. The van der Waals surface area contributed by atoms with Crippen LogP contribution in [0, 0.1) is 0 Å². The molecule has 0 spiro atoms. The number of hydrogen-bond acceptors (Lipinski definition) is 0. The molecule has 0 amide bonds. The molecule has 110 valence electrons. The normalized spacial score (nSPS) is 11.1. The molecule has 0 saturated heterocycles. The van der Waals surface area contributed by atoms with Crippen LogP contribution in [0.25, 0.3) is 0 Å². The number of unbranched alkanes of at least 4 members (excludes halogenated alkanes) is 5. The van der Waals surface area contributed by atoms with Gasteiger partial charge in [0.15, 0.2) is 0 Å². The van der Waals surface area contributed by atoms with E-state index in [-0.39, 0.29) is 0 Å². The Labute approximate surface area is 119 Å². The third-order valence-corrected chi connectivity index (χ3v) is 3.78. The first-order valence-corrected chi connectivity index (χ1v) is 8.40. The van der Waals surface area contributed by atoms with Crippen molar-refractivity contribution in [2.75, 3.05) is 0 Å². The van der Waals surface area contributed by atoms with Crippen molar-refractivity contribution in [3.8, 4) is 0 Å². The fourth-order valence-electron chi connectivity index (χ4n) is 2.72. The van der Waals surface area contributed by atoms with Crippen LogP contribution in [0.5, 0.6) is 0 Å². The molecule has 0 atom stereocenters. The van der Waals surface area contributed by atoms with E-state index in [4.69, 9.17) is 0 Å². The molecule has 2 heteroatoms. The van der Waals surface area contributed by atoms with E-state index in [1.807, 2.05) is 0 Å². The summed E-state index contributed by atoms with van der Waals surface area (Å²) in [6.07, 6.45) is 16.5. The predicted octanol–water partition coefficient (Wildman–Crippen LogP) is 4.50. The second-order valence-electron chi connectivity index (χ2n) is 5.62. The number of imidazole rings is 1. The van der Waals surface area contributed by atoms with Gasteiger partial charge in [-0.15, -0.1) is 0 Å². The van der Waals surface area contributed by atoms with E-state index in [0.29, 0.717) is 0 Å². The first kappa shape index (κ1) is 16.3. The molecule has 0 aliphatic rings. The van der Waals surface area contributed by atoms with Crippen molar-refractivity contribution in [1.29, 1.82) is 0 Å². The van der Waals surface area contributed by atoms with Crippen LogP contribution in [-0.2, 0) is 19.5 Å². The van der Waals surface area contributed by atoms with E-state index < -0.39 is 0 Å². The molecular formula is C17H33N2+. The first-order chi connectivity index (χ1) is 9.33. The molecule has 1 aromatic heterocycles. The maximum absolute atomic E-state index is 2.49. The van der Waals surface area contributed by atoms with E-state index in [1.54, 1.807) is 0 Å². The third-order valence-electron chi connectivity index (χ3n) is 3.78. The van der Waals surface area contributed by atoms with Crippen LogP contribution < -0.4 is 4.57 Å². The van der Waals surface area contributed by atoms with E-state index >= 15 is 0 Å². The fraction of sp³-hybridized carbons (Fsp3) is 0.824. The SMILES string of the molecule is CCCCCCCCn1cc[n+](CCC)c1CCC. The van der Waals surface area contributed by atoms with Gasteiger partial charge in [0, 0.05) is 6.42 Å². The molecule has 1 rings (SSSR count). The van der Waals surface area contributed by atoms with Crippen molar-refractivity contribution in [2.45, 2.75) is 91.6 Å². The van der Waals surface area contributed by atoms with E-state index in [2.05, 4.69) is 42.3 Å². The number of aromatic nitrogens is 2. The van der Waals surface area contributed by atoms with Crippen molar-refractivity contribution >= 4 is 0 Å². The summed E-state index contributed by atoms with van der Waals surface area (Å²) in [6.45, 7) is 9.19. The molecule has 0 bridgehead atoms. The molecule has 0 N–H and O–H groups in total. The van der Waals surface area contributed by atoms with Crippen molar-refractivity contribution < 1.29 is 4.57 Å². The second-order valence-corrected chi connectivity index (χ2v) is 5.62. The minimum absolute atomic E-state index is 1.17. The Morgan fingerprint density at radius 1 is 0.895 bits per heavy atom. The largest absolute Gasteiger partial charge is 0.256 e. The summed E-state index contributed by atoms with van der Waals surface area (Å²) >= 11 is 0. The zero-order valence-corrected chi connectivity index (χ0v) is 13.3. The minimum atomic E-state index is 1.17. The summed E-state index contributed by atoms with van der Waals surface area (Å²) < 4.78 is 4.93. The average Bonchev–Trinajstić information content (AvgIpc) is 2.78. The van der Waals surface area contributed by atoms with Crippen molar-refractivity contribution in [1.82, 2.24) is 4.57 Å². The predicted molar refractivity (Wildman–Crippen MR) is 82.3 cm³/mol. The van der Waals surface area contributed by atoms with Crippen LogP contribution in [0.2, 0.25) is 0 Å². The quantitative estimate of drug-likeness (QED) is 0.411. The Morgan fingerprint density at radius 3 is 2.32 bits per heavy atom. The highest BCUT2D eigenvalue weighted by Gasteiger charge is 2.14. The Hall–Kier alpha value is -0.790. The van der Waals surface area contributed by atoms with Gasteiger partial charge in [-0.1, -0.05) is 46.5 Å². The van der Waals surface area contributed by atoms with Gasteiger partial charge in [-0.05, 0) is 25.7 Å². The number of hydrogen-bond donors (Lipinski definition) is 0. The molecule has 0 aliphatic carbocycles. The molecule has 0 aromatic carbocycles. The van der Waals surface area contributed by atoms with Crippen LogP contribution in [0.3, 0.4) is 0 Å². The molecular weight excluding hydrogens is 232 g/mol. The lowest BCUT2D eigenvalue weighted by Crippen LogP contribution is -2.37. The lowest BCUT2D eigenvalue weighted by Gasteiger charge is -2.04. The van der Waals surface area contributed by atoms with Gasteiger partial charge in [0.05, 0.1) is 13.1 Å². The highest BCUT2D eigenvalue weighted by atomic mass is 15.1. The Kier molecular flexibility index (Phi) is 8.61. The molecule has 0 saturated carbocycles. The zero-order valence-electron chi connectivity index (χ0n) is 13.3. The van der Waals surface area contributed by atoms with Gasteiger partial charge in [-0.3, -0.25) is 0 Å². The fourth-order valence-corrected chi connectivity index (χ4v) is 2.72. The second kappa shape index (κ2) is 10.1. The Bertz CT molecular complexity index is 328. The van der Waals surface area contributed by atoms with Crippen LogP contribution in [-0.4, -0.2) is 4.57 Å². The number of rotatable bonds is 11. The summed E-state index contributed by atoms with van der Waals surface area (Å²) in [5.74, 6) is 1.53. The number of nitrogens with zero attached hydrogens (tertiary/aromatic N) is 2. The van der Waals surface area contributed by atoms with E-state index in [0.717, 1.165) is 0 Å². The Balaban J connectivity index is 2.39. The van der Waals surface area contributed by atoms with Gasteiger partial charge in [-0.25, -0.2) is 9.13 Å². The molecule has 2 nitrogen and oxygen atoms in total. The molecule has 0 unspecified atom stereocenters. The van der Waals surface area contributed by atoms with Crippen LogP contribution >= 0.6 is 0 Å². The zero-order chi connectivity index (χ0) is 13.9. The standard InChI is InChI=1S/C17H33N2/c1-4-7-8-9-10-11-14-19-16-15-18(13-6-3)17(19)12-5-2/h15-16H,4-14H2,1-3H3/q+1. The molecule has 0 aliphatic heterocycles. The van der Waals surface area contributed by atoms with Crippen LogP contribution in [0.4, 0.5) is 0 Å². The van der Waals surface area contributed by atoms with Crippen molar-refractivity contribution in [3.05, 3.63) is 18.2 Å². The van der Waals surface area contributed by atoms with Crippen LogP contribution in [0.15, 0.2) is 12.4 Å². The minimum Gasteiger partial charge on any atom is -0.234 e. The highest BCUT2D eigenvalue weighted by molar-refractivity contribution is 4.84. The molecule has 0 fully saturated rings. The average molecular weight is 265 g/mol. The molecule has 0 radical (unpaired) electrons. The van der Waals surface area contributed by atoms with Gasteiger partial charge < -0.3 is 0 Å². The summed E-state index contributed by atoms with van der Waals surface area (Å²) in [6, 6.07) is 0. The highest BCUT2D eigenvalue weighted by Crippen LogP contribution is 2.08. The summed E-state index contributed by atoms with van der Waals surface area (Å²) in [4.78, 5) is 0. The van der Waals surface area contributed by atoms with Crippen molar-refractivity contribution in [2.24, 2.45) is 0 Å². The third kappa shape index (κ3) is 5.80. The topological polar surface area (TPSA) is 8.81 Å². The van der Waals surface area contributed by atoms with Gasteiger partial charge in [0.2, 0.25) is 0 Å². The van der Waals surface area contributed by atoms with Gasteiger partial charge in [-0.2, -0.15) is 0 Å². The number of aryl methyl sites for hydroxylation is 2. The van der Waals surface area contributed by atoms with E-state index in [9.17, 15) is 0 Å². The lowest BCUT2D eigenvalue weighted by molar-refractivity contribution is -0.703. The lowest BCUT2D eigenvalue weighted by atomic mass is 10.1. The smallest absolute Gasteiger partial charge is 0.234 e. The maximum atomic E-state index is 2.49. The monoisotopic (exact) mass is 265 g/mol.